The molecule has 1 fully saturated rings. The van der Waals surface area contributed by atoms with Gasteiger partial charge in [0, 0.05) is 12.6 Å². The molecule has 1 amide bonds. The normalized spacial score (nSPS) is 16.3. The Morgan fingerprint density at radius 3 is 2.42 bits per heavy atom. The molecule has 0 bridgehead atoms. The summed E-state index contributed by atoms with van der Waals surface area (Å²) in [6.07, 6.45) is 1.89. The molecule has 0 radical (unpaired) electrons. The van der Waals surface area contributed by atoms with Crippen LogP contribution in [0.5, 0.6) is 11.5 Å². The number of ether oxygens (including phenoxy) is 2. The summed E-state index contributed by atoms with van der Waals surface area (Å²) in [5.74, 6) is 0.00908. The lowest BCUT2D eigenvalue weighted by Gasteiger charge is -2.34. The van der Waals surface area contributed by atoms with Crippen LogP contribution in [0.4, 0.5) is 5.69 Å². The molecule has 2 rings (SSSR count). The number of hydrogen-bond donors (Lipinski definition) is 2. The van der Waals surface area contributed by atoms with Crippen molar-refractivity contribution in [1.82, 2.24) is 10.6 Å². The van der Waals surface area contributed by atoms with Crippen LogP contribution >= 0.6 is 0 Å². The van der Waals surface area contributed by atoms with E-state index >= 15 is 0 Å². The molecule has 1 saturated heterocycles. The fourth-order valence-electron chi connectivity index (χ4n) is 2.80. The Bertz CT molecular complexity index is 626. The van der Waals surface area contributed by atoms with Gasteiger partial charge in [-0.3, -0.25) is 14.9 Å². The first-order valence-corrected chi connectivity index (χ1v) is 7.79. The van der Waals surface area contributed by atoms with Crippen molar-refractivity contribution in [2.45, 2.75) is 19.8 Å². The Labute approximate surface area is 140 Å². The number of methoxy groups -OCH3 is 2. The third-order valence-electron chi connectivity index (χ3n) is 4.43. The van der Waals surface area contributed by atoms with E-state index in [1.165, 1.54) is 26.4 Å². The highest BCUT2D eigenvalue weighted by molar-refractivity contribution is 5.99. The summed E-state index contributed by atoms with van der Waals surface area (Å²) in [5, 5.41) is 17.4. The number of hydrogen-bond acceptors (Lipinski definition) is 6. The van der Waals surface area contributed by atoms with Crippen molar-refractivity contribution in [3.63, 3.8) is 0 Å². The summed E-state index contributed by atoms with van der Waals surface area (Å²) in [4.78, 5) is 23.2. The fraction of sp³-hybridized carbons (Fsp3) is 0.562. The van der Waals surface area contributed by atoms with Gasteiger partial charge >= 0.3 is 0 Å². The molecular weight excluding hydrogens is 314 g/mol. The number of rotatable bonds is 6. The van der Waals surface area contributed by atoms with Crippen LogP contribution in [0.2, 0.25) is 0 Å². The number of nitro benzene ring substituents is 1. The number of amides is 1. The van der Waals surface area contributed by atoms with E-state index in [1.54, 1.807) is 0 Å². The summed E-state index contributed by atoms with van der Waals surface area (Å²) in [7, 11) is 2.81. The van der Waals surface area contributed by atoms with Gasteiger partial charge < -0.3 is 20.1 Å². The molecule has 1 aliphatic rings. The summed E-state index contributed by atoms with van der Waals surface area (Å²) < 4.78 is 10.2. The second-order valence-electron chi connectivity index (χ2n) is 6.22. The molecule has 1 heterocycles. The molecule has 24 heavy (non-hydrogen) atoms. The van der Waals surface area contributed by atoms with E-state index in [0.29, 0.717) is 6.54 Å². The van der Waals surface area contributed by atoms with Crippen LogP contribution in [-0.4, -0.2) is 44.7 Å². The van der Waals surface area contributed by atoms with E-state index in [2.05, 4.69) is 17.6 Å². The SMILES string of the molecule is COc1cc(C(=O)NCC2(C)CCNCC2)c([N+](=O)[O-])cc1OC. The number of carbonyl (C=O) groups is 1. The lowest BCUT2D eigenvalue weighted by Crippen LogP contribution is -2.43. The first-order chi connectivity index (χ1) is 11.4. The Balaban J connectivity index is 2.22. The molecule has 132 valence electrons. The number of benzene rings is 1. The Morgan fingerprint density at radius 1 is 1.29 bits per heavy atom. The second-order valence-corrected chi connectivity index (χ2v) is 6.22. The van der Waals surface area contributed by atoms with Crippen LogP contribution in [0.25, 0.3) is 0 Å². The van der Waals surface area contributed by atoms with Crippen LogP contribution in [0.3, 0.4) is 0 Å². The minimum Gasteiger partial charge on any atom is -0.493 e. The minimum absolute atomic E-state index is 0.00769. The molecule has 8 heteroatoms. The van der Waals surface area contributed by atoms with Crippen LogP contribution in [0.15, 0.2) is 12.1 Å². The number of nitrogens with one attached hydrogen (secondary N) is 2. The topological polar surface area (TPSA) is 103 Å². The molecule has 1 aliphatic heterocycles. The quantitative estimate of drug-likeness (QED) is 0.605. The molecular formula is C16H23N3O5. The maximum Gasteiger partial charge on any atom is 0.286 e. The van der Waals surface area contributed by atoms with Gasteiger partial charge in [-0.25, -0.2) is 0 Å². The van der Waals surface area contributed by atoms with Gasteiger partial charge in [-0.15, -0.1) is 0 Å². The first-order valence-electron chi connectivity index (χ1n) is 7.79. The van der Waals surface area contributed by atoms with Crippen LogP contribution in [-0.2, 0) is 0 Å². The largest absolute Gasteiger partial charge is 0.493 e. The molecule has 1 aromatic carbocycles. The van der Waals surface area contributed by atoms with Gasteiger partial charge in [0.1, 0.15) is 5.56 Å². The van der Waals surface area contributed by atoms with E-state index in [9.17, 15) is 14.9 Å². The lowest BCUT2D eigenvalue weighted by atomic mass is 9.81. The molecule has 0 atom stereocenters. The molecule has 0 unspecified atom stereocenters. The highest BCUT2D eigenvalue weighted by Crippen LogP contribution is 2.34. The van der Waals surface area contributed by atoms with Gasteiger partial charge in [-0.05, 0) is 31.3 Å². The van der Waals surface area contributed by atoms with Crippen molar-refractivity contribution in [2.24, 2.45) is 5.41 Å². The van der Waals surface area contributed by atoms with Gasteiger partial charge in [0.2, 0.25) is 0 Å². The van der Waals surface area contributed by atoms with Crippen molar-refractivity contribution in [1.29, 1.82) is 0 Å². The Hall–Kier alpha value is -2.35. The van der Waals surface area contributed by atoms with Crippen molar-refractivity contribution in [3.8, 4) is 11.5 Å². The number of piperidine rings is 1. The molecule has 0 spiro atoms. The zero-order valence-corrected chi connectivity index (χ0v) is 14.2. The maximum atomic E-state index is 12.5. The van der Waals surface area contributed by atoms with Crippen molar-refractivity contribution in [2.75, 3.05) is 33.9 Å². The van der Waals surface area contributed by atoms with E-state index in [0.717, 1.165) is 25.9 Å². The number of nitro groups is 1. The Morgan fingerprint density at radius 2 is 1.88 bits per heavy atom. The fourth-order valence-corrected chi connectivity index (χ4v) is 2.80. The van der Waals surface area contributed by atoms with E-state index in [-0.39, 0.29) is 28.2 Å². The highest BCUT2D eigenvalue weighted by atomic mass is 16.6. The molecule has 1 aromatic rings. The highest BCUT2D eigenvalue weighted by Gasteiger charge is 2.29. The minimum atomic E-state index is -0.594. The van der Waals surface area contributed by atoms with Gasteiger partial charge in [0.25, 0.3) is 11.6 Å². The average Bonchev–Trinajstić information content (AvgIpc) is 2.59. The van der Waals surface area contributed by atoms with E-state index in [4.69, 9.17) is 9.47 Å². The Kier molecular flexibility index (Phi) is 5.61. The number of nitrogens with zero attached hydrogens (tertiary/aromatic N) is 1. The predicted molar refractivity (Wildman–Crippen MR) is 88.7 cm³/mol. The van der Waals surface area contributed by atoms with Crippen LogP contribution < -0.4 is 20.1 Å². The average molecular weight is 337 g/mol. The molecule has 2 N–H and O–H groups in total. The zero-order valence-electron chi connectivity index (χ0n) is 14.2. The second kappa shape index (κ2) is 7.48. The predicted octanol–water partition coefficient (Wildman–Crippen LogP) is 1.73. The molecule has 0 aromatic heterocycles. The zero-order chi connectivity index (χ0) is 17.7. The molecule has 8 nitrogen and oxygen atoms in total. The summed E-state index contributed by atoms with van der Waals surface area (Å²) in [6.45, 7) is 4.39. The lowest BCUT2D eigenvalue weighted by molar-refractivity contribution is -0.385. The third-order valence-corrected chi connectivity index (χ3v) is 4.43. The first kappa shape index (κ1) is 18.0. The van der Waals surface area contributed by atoms with Crippen LogP contribution in [0.1, 0.15) is 30.1 Å². The summed E-state index contributed by atoms with van der Waals surface area (Å²) in [6, 6.07) is 2.55. The van der Waals surface area contributed by atoms with Gasteiger partial charge in [-0.2, -0.15) is 0 Å². The monoisotopic (exact) mass is 337 g/mol. The van der Waals surface area contributed by atoms with Crippen molar-refractivity contribution < 1.29 is 19.2 Å². The summed E-state index contributed by atoms with van der Waals surface area (Å²) in [5.41, 5.74) is -0.345. The van der Waals surface area contributed by atoms with Crippen molar-refractivity contribution in [3.05, 3.63) is 27.8 Å². The molecule has 0 aliphatic carbocycles. The smallest absolute Gasteiger partial charge is 0.286 e. The van der Waals surface area contributed by atoms with Gasteiger partial charge in [0.05, 0.1) is 25.2 Å². The van der Waals surface area contributed by atoms with E-state index < -0.39 is 10.8 Å². The summed E-state index contributed by atoms with van der Waals surface area (Å²) >= 11 is 0. The van der Waals surface area contributed by atoms with Gasteiger partial charge in [0.15, 0.2) is 11.5 Å². The van der Waals surface area contributed by atoms with Crippen LogP contribution in [0, 0.1) is 15.5 Å². The standard InChI is InChI=1S/C16H23N3O5/c1-16(4-6-17-7-5-16)10-18-15(20)11-8-13(23-2)14(24-3)9-12(11)19(21)22/h8-9,17H,4-7,10H2,1-3H3,(H,18,20). The number of carbonyl (C=O) groups excluding carboxylic acids is 1. The van der Waals surface area contributed by atoms with Crippen molar-refractivity contribution >= 4 is 11.6 Å². The third kappa shape index (κ3) is 3.94. The maximum absolute atomic E-state index is 12.5. The molecule has 0 saturated carbocycles. The van der Waals surface area contributed by atoms with E-state index in [1.807, 2.05) is 0 Å². The van der Waals surface area contributed by atoms with Gasteiger partial charge in [-0.1, -0.05) is 6.92 Å².